The summed E-state index contributed by atoms with van der Waals surface area (Å²) >= 11 is 3.07. The molecular formula is C27H28BrN4O11P. The second-order valence-electron chi connectivity index (χ2n) is 9.56. The molecule has 0 spiro atoms. The van der Waals surface area contributed by atoms with Crippen LogP contribution >= 0.6 is 23.7 Å². The van der Waals surface area contributed by atoms with Crippen molar-refractivity contribution >= 4 is 41.4 Å². The molecule has 3 N–H and O–H groups in total. The van der Waals surface area contributed by atoms with Crippen LogP contribution in [0.15, 0.2) is 75.4 Å². The number of ether oxygens (including phenoxy) is 2. The summed E-state index contributed by atoms with van der Waals surface area (Å²) in [6.45, 7) is 0.814. The Kier molecular flexibility index (Phi) is 11.0. The van der Waals surface area contributed by atoms with Gasteiger partial charge in [-0.25, -0.2) is 9.36 Å². The fraction of sp³-hybridized carbons (Fsp3) is 0.296. The predicted octanol–water partition coefficient (Wildman–Crippen LogP) is 3.38. The average molecular weight is 695 g/mol. The van der Waals surface area contributed by atoms with Crippen molar-refractivity contribution in [1.82, 2.24) is 14.6 Å². The Hall–Kier alpha value is -3.92. The molecule has 17 heteroatoms. The number of halogens is 1. The van der Waals surface area contributed by atoms with Crippen molar-refractivity contribution < 1.29 is 37.9 Å². The molecule has 1 saturated heterocycles. The summed E-state index contributed by atoms with van der Waals surface area (Å²) in [5.74, 6) is -0.845. The Morgan fingerprint density at radius 3 is 2.64 bits per heavy atom. The van der Waals surface area contributed by atoms with Gasteiger partial charge in [0.25, 0.3) is 11.2 Å². The second kappa shape index (κ2) is 14.7. The van der Waals surface area contributed by atoms with Crippen LogP contribution in [0, 0.1) is 10.1 Å². The SMILES string of the molecule is C[C@H](NP(=O)(OC[C@H]1O[C@@H](n2cc(/C=C/Br)c(=O)[nH]c2=O)CC1O)Oc1ccc([N+](=O)[O-])cc1)C(=O)OCc1ccccc1. The van der Waals surface area contributed by atoms with Crippen LogP contribution in [-0.2, 0) is 30.0 Å². The maximum atomic E-state index is 13.9. The first-order valence-electron chi connectivity index (χ1n) is 13.1. The number of H-pyrrole nitrogens is 1. The average Bonchev–Trinajstić information content (AvgIpc) is 3.37. The monoisotopic (exact) mass is 694 g/mol. The zero-order chi connectivity index (χ0) is 31.9. The van der Waals surface area contributed by atoms with Gasteiger partial charge in [0.05, 0.1) is 23.2 Å². The van der Waals surface area contributed by atoms with E-state index in [1.807, 2.05) is 6.07 Å². The lowest BCUT2D eigenvalue weighted by molar-refractivity contribution is -0.384. The van der Waals surface area contributed by atoms with E-state index in [0.29, 0.717) is 0 Å². The number of aliphatic hydroxyl groups excluding tert-OH is 1. The zero-order valence-corrected chi connectivity index (χ0v) is 25.6. The number of nitrogens with zero attached hydrogens (tertiary/aromatic N) is 2. The van der Waals surface area contributed by atoms with Gasteiger partial charge in [-0.3, -0.25) is 33.8 Å². The van der Waals surface area contributed by atoms with Crippen LogP contribution in [0.5, 0.6) is 5.75 Å². The standard InChI is InChI=1S/C27H28BrN4O11P/c1-17(26(35)40-15-18-5-3-2-4-6-18)30-44(39,43-21-9-7-20(8-10-21)32(37)38)41-16-23-22(33)13-24(42-23)31-14-19(11-12-28)25(34)29-27(31)36/h2-12,14,17,22-24,33H,13,15-16H2,1H3,(H,30,39)(H,29,34,36)/b12-11+/t17-,22?,23+,24+,44?/m0/s1. The smallest absolute Gasteiger partial charge is 0.459 e. The molecule has 0 saturated carbocycles. The van der Waals surface area contributed by atoms with Gasteiger partial charge < -0.3 is 19.1 Å². The highest BCUT2D eigenvalue weighted by molar-refractivity contribution is 9.11. The van der Waals surface area contributed by atoms with Crippen LogP contribution in [0.4, 0.5) is 5.69 Å². The van der Waals surface area contributed by atoms with E-state index < -0.39 is 61.0 Å². The van der Waals surface area contributed by atoms with Crippen molar-refractivity contribution in [3.05, 3.63) is 108 Å². The summed E-state index contributed by atoms with van der Waals surface area (Å²) in [7, 11) is -4.43. The number of aliphatic hydroxyl groups is 1. The topological polar surface area (TPSA) is 201 Å². The highest BCUT2D eigenvalue weighted by Gasteiger charge is 2.39. The van der Waals surface area contributed by atoms with Gasteiger partial charge in [0.2, 0.25) is 0 Å². The Labute approximate surface area is 258 Å². The third kappa shape index (κ3) is 8.59. The number of carbonyl (C=O) groups is 1. The van der Waals surface area contributed by atoms with E-state index in [1.165, 1.54) is 36.3 Å². The normalized spacial score (nSPS) is 20.2. The van der Waals surface area contributed by atoms with Gasteiger partial charge in [0, 0.05) is 24.8 Å². The van der Waals surface area contributed by atoms with E-state index in [4.69, 9.17) is 18.5 Å². The molecule has 1 aromatic heterocycles. The van der Waals surface area contributed by atoms with Crippen molar-refractivity contribution in [2.45, 2.75) is 44.4 Å². The minimum Gasteiger partial charge on any atom is -0.460 e. The Bertz CT molecular complexity index is 1660. The highest BCUT2D eigenvalue weighted by atomic mass is 79.9. The minimum atomic E-state index is -4.43. The molecular weight excluding hydrogens is 667 g/mol. The van der Waals surface area contributed by atoms with Gasteiger partial charge in [0.1, 0.15) is 30.7 Å². The second-order valence-corrected chi connectivity index (χ2v) is 11.8. The lowest BCUT2D eigenvalue weighted by Crippen LogP contribution is -2.36. The van der Waals surface area contributed by atoms with Crippen molar-refractivity contribution in [2.75, 3.05) is 6.61 Å². The summed E-state index contributed by atoms with van der Waals surface area (Å²) in [6, 6.07) is 12.4. The molecule has 234 valence electrons. The van der Waals surface area contributed by atoms with E-state index in [-0.39, 0.29) is 30.0 Å². The molecule has 0 bridgehead atoms. The number of esters is 1. The molecule has 5 atom stereocenters. The fourth-order valence-corrected chi connectivity index (χ4v) is 5.90. The number of hydrogen-bond acceptors (Lipinski definition) is 11. The third-order valence-electron chi connectivity index (χ3n) is 6.36. The van der Waals surface area contributed by atoms with Crippen LogP contribution in [0.3, 0.4) is 0 Å². The number of benzene rings is 2. The van der Waals surface area contributed by atoms with Crippen molar-refractivity contribution in [2.24, 2.45) is 0 Å². The van der Waals surface area contributed by atoms with Crippen molar-refractivity contribution in [3.63, 3.8) is 0 Å². The van der Waals surface area contributed by atoms with Crippen LogP contribution in [-0.4, -0.2) is 50.4 Å². The van der Waals surface area contributed by atoms with Crippen LogP contribution in [0.25, 0.3) is 6.08 Å². The summed E-state index contributed by atoms with van der Waals surface area (Å²) in [5.41, 5.74) is -0.741. The third-order valence-corrected chi connectivity index (χ3v) is 8.27. The van der Waals surface area contributed by atoms with E-state index in [0.717, 1.165) is 22.3 Å². The fourth-order valence-electron chi connectivity index (χ4n) is 4.11. The summed E-state index contributed by atoms with van der Waals surface area (Å²) in [4.78, 5) is 51.1. The zero-order valence-electron chi connectivity index (χ0n) is 23.1. The van der Waals surface area contributed by atoms with Crippen LogP contribution in [0.2, 0.25) is 0 Å². The van der Waals surface area contributed by atoms with Crippen LogP contribution in [0.1, 0.15) is 30.7 Å². The molecule has 3 aromatic rings. The molecule has 1 aliphatic rings. The molecule has 2 heterocycles. The van der Waals surface area contributed by atoms with Gasteiger partial charge in [-0.1, -0.05) is 46.3 Å². The number of aromatic amines is 1. The first kappa shape index (κ1) is 33.0. The number of rotatable bonds is 13. The van der Waals surface area contributed by atoms with Crippen molar-refractivity contribution in [1.29, 1.82) is 0 Å². The number of nitrogens with one attached hydrogen (secondary N) is 2. The minimum absolute atomic E-state index is 0.0409. The van der Waals surface area contributed by atoms with Crippen molar-refractivity contribution in [3.8, 4) is 5.75 Å². The molecule has 15 nitrogen and oxygen atoms in total. The number of nitro benzene ring substituents is 1. The Morgan fingerprint density at radius 2 is 1.98 bits per heavy atom. The largest absolute Gasteiger partial charge is 0.460 e. The molecule has 0 radical (unpaired) electrons. The van der Waals surface area contributed by atoms with E-state index >= 15 is 0 Å². The number of aromatic nitrogens is 2. The van der Waals surface area contributed by atoms with E-state index in [1.54, 1.807) is 24.3 Å². The molecule has 0 aliphatic carbocycles. The van der Waals surface area contributed by atoms with Gasteiger partial charge in [-0.2, -0.15) is 5.09 Å². The number of nitro groups is 1. The van der Waals surface area contributed by atoms with Gasteiger partial charge >= 0.3 is 19.4 Å². The maximum absolute atomic E-state index is 13.9. The molecule has 1 aliphatic heterocycles. The number of non-ortho nitro benzene ring substituents is 1. The molecule has 0 amide bonds. The number of hydrogen-bond donors (Lipinski definition) is 3. The quantitative estimate of drug-likeness (QED) is 0.102. The van der Waals surface area contributed by atoms with E-state index in [9.17, 15) is 34.2 Å². The lowest BCUT2D eigenvalue weighted by atomic mass is 10.2. The maximum Gasteiger partial charge on any atom is 0.459 e. The summed E-state index contributed by atoms with van der Waals surface area (Å²) in [5, 5.41) is 24.2. The molecule has 2 aromatic carbocycles. The Balaban J connectivity index is 1.48. The molecule has 1 fully saturated rings. The molecule has 44 heavy (non-hydrogen) atoms. The van der Waals surface area contributed by atoms with Gasteiger partial charge in [0.15, 0.2) is 0 Å². The molecule has 4 rings (SSSR count). The number of carbonyl (C=O) groups excluding carboxylic acids is 1. The van der Waals surface area contributed by atoms with Gasteiger partial charge in [-0.05, 0) is 35.7 Å². The molecule has 2 unspecified atom stereocenters. The highest BCUT2D eigenvalue weighted by Crippen LogP contribution is 2.46. The van der Waals surface area contributed by atoms with Gasteiger partial charge in [-0.15, -0.1) is 0 Å². The first-order valence-corrected chi connectivity index (χ1v) is 15.6. The van der Waals surface area contributed by atoms with E-state index in [2.05, 4.69) is 26.0 Å². The first-order chi connectivity index (χ1) is 21.0. The van der Waals surface area contributed by atoms with Crippen LogP contribution < -0.4 is 20.9 Å². The lowest BCUT2D eigenvalue weighted by Gasteiger charge is -2.24. The predicted molar refractivity (Wildman–Crippen MR) is 160 cm³/mol. The Morgan fingerprint density at radius 1 is 1.27 bits per heavy atom. The summed E-state index contributed by atoms with van der Waals surface area (Å²) in [6.07, 6.45) is -0.669. The summed E-state index contributed by atoms with van der Waals surface area (Å²) < 4.78 is 37.2.